The molecule has 21 heavy (non-hydrogen) atoms. The maximum atomic E-state index is 11.9. The van der Waals surface area contributed by atoms with E-state index in [1.54, 1.807) is 32.0 Å². The molecule has 1 aliphatic rings. The predicted molar refractivity (Wildman–Crippen MR) is 77.2 cm³/mol. The van der Waals surface area contributed by atoms with E-state index in [2.05, 4.69) is 0 Å². The minimum Gasteiger partial charge on any atom is -0.485 e. The van der Waals surface area contributed by atoms with Crippen LogP contribution >= 0.6 is 0 Å². The minimum absolute atomic E-state index is 0.385. The highest BCUT2D eigenvalue weighted by Crippen LogP contribution is 2.43. The average molecular weight is 310 g/mol. The average Bonchev–Trinajstić information content (AvgIpc) is 2.38. The van der Waals surface area contributed by atoms with E-state index in [1.165, 1.54) is 7.05 Å². The summed E-state index contributed by atoms with van der Waals surface area (Å²) in [6, 6.07) is 5.99. The Morgan fingerprint density at radius 3 is 2.57 bits per heavy atom. The Hall–Kier alpha value is -1.62. The summed E-state index contributed by atoms with van der Waals surface area (Å²) in [4.78, 5) is 0. The number of hydrogen-bond acceptors (Lipinski definition) is 5. The lowest BCUT2D eigenvalue weighted by molar-refractivity contribution is -0.0763. The van der Waals surface area contributed by atoms with Gasteiger partial charge in [0.05, 0.1) is 23.9 Å². The number of nitriles is 1. The van der Waals surface area contributed by atoms with Crippen LogP contribution in [-0.4, -0.2) is 42.8 Å². The highest BCUT2D eigenvalue weighted by atomic mass is 32.2. The third-order valence-electron chi connectivity index (χ3n) is 3.76. The first-order chi connectivity index (χ1) is 9.58. The molecule has 0 radical (unpaired) electrons. The lowest BCUT2D eigenvalue weighted by atomic mass is 9.86. The number of fused-ring (bicyclic) bond motifs is 1. The first-order valence-corrected chi connectivity index (χ1v) is 8.27. The molecule has 1 N–H and O–H groups in total. The summed E-state index contributed by atoms with van der Waals surface area (Å²) in [5, 5.41) is 19.5. The smallest absolute Gasteiger partial charge is 0.211 e. The maximum Gasteiger partial charge on any atom is 0.211 e. The van der Waals surface area contributed by atoms with Crippen LogP contribution in [0, 0.1) is 11.3 Å². The van der Waals surface area contributed by atoms with E-state index in [9.17, 15) is 13.5 Å². The zero-order chi connectivity index (χ0) is 16.0. The van der Waals surface area contributed by atoms with Crippen molar-refractivity contribution >= 4 is 10.0 Å². The lowest BCUT2D eigenvalue weighted by Gasteiger charge is -2.44. The second-order valence-electron chi connectivity index (χ2n) is 5.74. The molecule has 0 saturated heterocycles. The van der Waals surface area contributed by atoms with Gasteiger partial charge in [-0.25, -0.2) is 8.42 Å². The molecule has 0 fully saturated rings. The van der Waals surface area contributed by atoms with Crippen molar-refractivity contribution in [3.8, 4) is 11.8 Å². The van der Waals surface area contributed by atoms with Crippen LogP contribution in [0.4, 0.5) is 0 Å². The van der Waals surface area contributed by atoms with Gasteiger partial charge in [0.2, 0.25) is 10.0 Å². The van der Waals surface area contributed by atoms with Crippen LogP contribution in [0.3, 0.4) is 0 Å². The molecule has 6 nitrogen and oxygen atoms in total. The molecule has 0 aliphatic carbocycles. The molecule has 2 rings (SSSR count). The van der Waals surface area contributed by atoms with Crippen molar-refractivity contribution in [1.82, 2.24) is 4.31 Å². The Labute approximate surface area is 124 Å². The van der Waals surface area contributed by atoms with Crippen molar-refractivity contribution in [3.05, 3.63) is 29.3 Å². The monoisotopic (exact) mass is 310 g/mol. The molecule has 0 saturated carbocycles. The van der Waals surface area contributed by atoms with Gasteiger partial charge in [0.15, 0.2) is 0 Å². The first-order valence-electron chi connectivity index (χ1n) is 6.42. The van der Waals surface area contributed by atoms with Gasteiger partial charge < -0.3 is 9.84 Å². The second kappa shape index (κ2) is 4.98. The van der Waals surface area contributed by atoms with Crippen LogP contribution in [0.5, 0.6) is 5.75 Å². The largest absolute Gasteiger partial charge is 0.485 e. The Bertz CT molecular complexity index is 706. The normalized spacial score (nSPS) is 24.0. The van der Waals surface area contributed by atoms with E-state index in [0.29, 0.717) is 16.9 Å². The van der Waals surface area contributed by atoms with Gasteiger partial charge in [-0.15, -0.1) is 0 Å². The summed E-state index contributed by atoms with van der Waals surface area (Å²) in [6.07, 6.45) is 0.0226. The molecule has 1 aliphatic heterocycles. The predicted octanol–water partition coefficient (Wildman–Crippen LogP) is 1.02. The molecule has 1 heterocycles. The van der Waals surface area contributed by atoms with Crippen molar-refractivity contribution in [2.45, 2.75) is 31.6 Å². The fourth-order valence-electron chi connectivity index (χ4n) is 2.44. The number of aliphatic hydroxyl groups excluding tert-OH is 1. The lowest BCUT2D eigenvalue weighted by Crippen LogP contribution is -2.53. The number of sulfonamides is 1. The summed E-state index contributed by atoms with van der Waals surface area (Å²) in [7, 11) is -2.10. The van der Waals surface area contributed by atoms with Crippen molar-refractivity contribution in [2.24, 2.45) is 0 Å². The van der Waals surface area contributed by atoms with Crippen LogP contribution < -0.4 is 4.74 Å². The molecule has 2 atom stereocenters. The fraction of sp³-hybridized carbons (Fsp3) is 0.500. The van der Waals surface area contributed by atoms with Crippen LogP contribution in [-0.2, 0) is 10.0 Å². The van der Waals surface area contributed by atoms with E-state index >= 15 is 0 Å². The van der Waals surface area contributed by atoms with Crippen LogP contribution in [0.25, 0.3) is 0 Å². The van der Waals surface area contributed by atoms with Crippen molar-refractivity contribution in [2.75, 3.05) is 13.3 Å². The number of nitrogens with zero attached hydrogens (tertiary/aromatic N) is 2. The quantitative estimate of drug-likeness (QED) is 0.881. The number of ether oxygens (including phenoxy) is 1. The zero-order valence-corrected chi connectivity index (χ0v) is 13.2. The second-order valence-corrected chi connectivity index (χ2v) is 7.78. The summed E-state index contributed by atoms with van der Waals surface area (Å²) in [5.41, 5.74) is -0.0601. The third kappa shape index (κ3) is 2.75. The molecule has 0 amide bonds. The molecular weight excluding hydrogens is 292 g/mol. The number of aliphatic hydroxyl groups is 1. The maximum absolute atomic E-state index is 11.9. The Morgan fingerprint density at radius 1 is 1.43 bits per heavy atom. The van der Waals surface area contributed by atoms with E-state index < -0.39 is 27.8 Å². The van der Waals surface area contributed by atoms with E-state index in [-0.39, 0.29) is 0 Å². The number of hydrogen-bond donors (Lipinski definition) is 1. The van der Waals surface area contributed by atoms with Gasteiger partial charge in [-0.2, -0.15) is 9.57 Å². The SMILES string of the molecule is CN([C@H]1c2cc(C#N)ccc2OC(C)(C)[C@@H]1O)S(C)(=O)=O. The topological polar surface area (TPSA) is 90.6 Å². The molecule has 1 aromatic rings. The van der Waals surface area contributed by atoms with Crippen molar-refractivity contribution in [3.63, 3.8) is 0 Å². The number of likely N-dealkylation sites (N-methyl/N-ethyl adjacent to an activating group) is 1. The molecule has 1 aromatic carbocycles. The Balaban J connectivity index is 2.65. The molecule has 0 unspecified atom stereocenters. The highest BCUT2D eigenvalue weighted by molar-refractivity contribution is 7.88. The molecule has 0 spiro atoms. The van der Waals surface area contributed by atoms with Gasteiger partial charge in [-0.3, -0.25) is 0 Å². The van der Waals surface area contributed by atoms with E-state index in [0.717, 1.165) is 10.6 Å². The first kappa shape index (κ1) is 15.8. The summed E-state index contributed by atoms with van der Waals surface area (Å²) >= 11 is 0. The van der Waals surface area contributed by atoms with Crippen LogP contribution in [0.1, 0.15) is 31.0 Å². The van der Waals surface area contributed by atoms with Crippen LogP contribution in [0.2, 0.25) is 0 Å². The van der Waals surface area contributed by atoms with Gasteiger partial charge in [0.25, 0.3) is 0 Å². The number of rotatable bonds is 2. The van der Waals surface area contributed by atoms with Gasteiger partial charge in [-0.05, 0) is 32.0 Å². The summed E-state index contributed by atoms with van der Waals surface area (Å²) < 4.78 is 30.6. The Kier molecular flexibility index (Phi) is 3.74. The van der Waals surface area contributed by atoms with Gasteiger partial charge >= 0.3 is 0 Å². The molecule has 7 heteroatoms. The van der Waals surface area contributed by atoms with Gasteiger partial charge in [0.1, 0.15) is 17.5 Å². The van der Waals surface area contributed by atoms with Crippen molar-refractivity contribution < 1.29 is 18.3 Å². The zero-order valence-electron chi connectivity index (χ0n) is 12.4. The van der Waals surface area contributed by atoms with Crippen molar-refractivity contribution in [1.29, 1.82) is 5.26 Å². The van der Waals surface area contributed by atoms with E-state index in [4.69, 9.17) is 10.00 Å². The Morgan fingerprint density at radius 2 is 2.05 bits per heavy atom. The molecule has 0 bridgehead atoms. The standard InChI is InChI=1S/C14H18N2O4S/c1-14(2)13(17)12(16(3)21(4,18)19)10-7-9(8-15)5-6-11(10)20-14/h5-7,12-13,17H,1-4H3/t12-,13+/m0/s1. The highest BCUT2D eigenvalue weighted by Gasteiger charge is 2.46. The third-order valence-corrected chi connectivity index (χ3v) is 5.03. The molecular formula is C14H18N2O4S. The molecule has 114 valence electrons. The van der Waals surface area contributed by atoms with Gasteiger partial charge in [0, 0.05) is 12.6 Å². The fourth-order valence-corrected chi connectivity index (χ4v) is 3.08. The van der Waals surface area contributed by atoms with E-state index in [1.807, 2.05) is 6.07 Å². The van der Waals surface area contributed by atoms with Gasteiger partial charge in [-0.1, -0.05) is 0 Å². The summed E-state index contributed by atoms with van der Waals surface area (Å²) in [6.45, 7) is 3.39. The number of benzene rings is 1. The summed E-state index contributed by atoms with van der Waals surface area (Å²) in [5.74, 6) is 0.477. The van der Waals surface area contributed by atoms with Crippen LogP contribution in [0.15, 0.2) is 18.2 Å². The minimum atomic E-state index is -3.51. The molecule has 0 aromatic heterocycles.